The van der Waals surface area contributed by atoms with Gasteiger partial charge < -0.3 is 14.8 Å². The summed E-state index contributed by atoms with van der Waals surface area (Å²) < 4.78 is 36.7. The molecule has 0 bridgehead atoms. The summed E-state index contributed by atoms with van der Waals surface area (Å²) >= 11 is 1.21. The molecular formula is C22H28N2O7S2. The molecule has 1 N–H and O–H groups in total. The zero-order chi connectivity index (χ0) is 24.9. The van der Waals surface area contributed by atoms with E-state index in [1.807, 2.05) is 6.92 Å². The Morgan fingerprint density at radius 3 is 2.27 bits per heavy atom. The van der Waals surface area contributed by atoms with Crippen molar-refractivity contribution in [3.05, 3.63) is 45.3 Å². The molecule has 0 spiro atoms. The van der Waals surface area contributed by atoms with Crippen LogP contribution in [0.2, 0.25) is 0 Å². The molecule has 0 radical (unpaired) electrons. The van der Waals surface area contributed by atoms with Crippen LogP contribution in [0.25, 0.3) is 0 Å². The fourth-order valence-electron chi connectivity index (χ4n) is 3.13. The molecule has 180 valence electrons. The largest absolute Gasteiger partial charge is 0.465 e. The van der Waals surface area contributed by atoms with Crippen LogP contribution in [0, 0.1) is 20.8 Å². The first kappa shape index (κ1) is 26.5. The van der Waals surface area contributed by atoms with Crippen LogP contribution < -0.4 is 5.32 Å². The summed E-state index contributed by atoms with van der Waals surface area (Å²) in [4.78, 5) is 37.8. The van der Waals surface area contributed by atoms with Gasteiger partial charge >= 0.3 is 11.9 Å². The normalized spacial score (nSPS) is 11.4. The van der Waals surface area contributed by atoms with Crippen molar-refractivity contribution in [2.45, 2.75) is 39.5 Å². The number of amides is 1. The number of rotatable bonds is 9. The average molecular weight is 497 g/mol. The molecular weight excluding hydrogens is 468 g/mol. The van der Waals surface area contributed by atoms with E-state index < -0.39 is 34.5 Å². The summed E-state index contributed by atoms with van der Waals surface area (Å²) in [7, 11) is -2.51. The zero-order valence-corrected chi connectivity index (χ0v) is 21.1. The number of sulfonamides is 1. The molecule has 0 unspecified atom stereocenters. The number of esters is 2. The molecule has 2 rings (SSSR count). The predicted molar refractivity (Wildman–Crippen MR) is 125 cm³/mol. The van der Waals surface area contributed by atoms with E-state index in [1.54, 1.807) is 27.7 Å². The second-order valence-corrected chi connectivity index (χ2v) is 10.3. The Balaban J connectivity index is 2.17. The number of carbonyl (C=O) groups is 3. The van der Waals surface area contributed by atoms with E-state index in [0.717, 1.165) is 4.88 Å². The Bertz CT molecular complexity index is 1170. The molecule has 0 saturated heterocycles. The number of methoxy groups -OCH3 is 1. The van der Waals surface area contributed by atoms with Crippen LogP contribution in [0.4, 0.5) is 5.00 Å². The first-order valence-electron chi connectivity index (χ1n) is 10.2. The first-order chi connectivity index (χ1) is 15.5. The lowest BCUT2D eigenvalue weighted by atomic mass is 10.1. The molecule has 1 amide bonds. The minimum absolute atomic E-state index is 0.0274. The molecule has 0 aliphatic rings. The molecule has 0 aliphatic heterocycles. The summed E-state index contributed by atoms with van der Waals surface area (Å²) in [6.45, 7) is 8.63. The van der Waals surface area contributed by atoms with Crippen LogP contribution in [-0.4, -0.2) is 57.4 Å². The van der Waals surface area contributed by atoms with E-state index in [2.05, 4.69) is 5.32 Å². The number of carbonyl (C=O) groups excluding carboxylic acids is 3. The van der Waals surface area contributed by atoms with Crippen molar-refractivity contribution in [3.63, 3.8) is 0 Å². The van der Waals surface area contributed by atoms with E-state index in [4.69, 9.17) is 9.47 Å². The fraction of sp³-hybridized carbons (Fsp3) is 0.409. The zero-order valence-electron chi connectivity index (χ0n) is 19.5. The number of hydrogen-bond donors (Lipinski definition) is 1. The third-order valence-corrected chi connectivity index (χ3v) is 8.30. The summed E-state index contributed by atoms with van der Waals surface area (Å²) in [6.07, 6.45) is 0. The molecule has 0 saturated carbocycles. The van der Waals surface area contributed by atoms with Gasteiger partial charge in [-0.3, -0.25) is 4.79 Å². The number of benzene rings is 1. The molecule has 1 aromatic heterocycles. The van der Waals surface area contributed by atoms with Gasteiger partial charge in [0.15, 0.2) is 6.61 Å². The van der Waals surface area contributed by atoms with E-state index in [0.29, 0.717) is 29.2 Å². The van der Waals surface area contributed by atoms with Crippen molar-refractivity contribution in [1.82, 2.24) is 4.31 Å². The number of thiophene rings is 1. The number of ether oxygens (including phenoxy) is 2. The SMILES string of the molecule is CCN(CC)S(=O)(=O)c1ccc(C)c(C(=O)OCC(=O)Nc2sc(C)c(C)c2C(=O)OC)c1. The number of nitrogens with one attached hydrogen (secondary N) is 1. The van der Waals surface area contributed by atoms with Crippen molar-refractivity contribution in [1.29, 1.82) is 0 Å². The van der Waals surface area contributed by atoms with Crippen molar-refractivity contribution in [3.8, 4) is 0 Å². The average Bonchev–Trinajstić information content (AvgIpc) is 3.05. The Labute approximate surface area is 197 Å². The quantitative estimate of drug-likeness (QED) is 0.529. The molecule has 11 heteroatoms. The topological polar surface area (TPSA) is 119 Å². The highest BCUT2D eigenvalue weighted by atomic mass is 32.2. The number of anilines is 1. The lowest BCUT2D eigenvalue weighted by Crippen LogP contribution is -2.30. The summed E-state index contributed by atoms with van der Waals surface area (Å²) in [5, 5.41) is 2.88. The van der Waals surface area contributed by atoms with Gasteiger partial charge in [-0.1, -0.05) is 19.9 Å². The van der Waals surface area contributed by atoms with E-state index >= 15 is 0 Å². The number of aryl methyl sites for hydroxylation is 2. The molecule has 1 heterocycles. The van der Waals surface area contributed by atoms with Gasteiger partial charge in [-0.05, 0) is 44.0 Å². The minimum atomic E-state index is -3.76. The molecule has 33 heavy (non-hydrogen) atoms. The molecule has 9 nitrogen and oxygen atoms in total. The summed E-state index contributed by atoms with van der Waals surface area (Å²) in [5.41, 5.74) is 1.51. The second-order valence-electron chi connectivity index (χ2n) is 7.17. The van der Waals surface area contributed by atoms with Gasteiger partial charge in [-0.25, -0.2) is 18.0 Å². The maximum absolute atomic E-state index is 12.8. The van der Waals surface area contributed by atoms with E-state index in [9.17, 15) is 22.8 Å². The van der Waals surface area contributed by atoms with Crippen LogP contribution >= 0.6 is 11.3 Å². The Morgan fingerprint density at radius 2 is 1.70 bits per heavy atom. The maximum Gasteiger partial charge on any atom is 0.341 e. The second kappa shape index (κ2) is 10.9. The molecule has 0 fully saturated rings. The number of hydrogen-bond acceptors (Lipinski definition) is 8. The monoisotopic (exact) mass is 496 g/mol. The van der Waals surface area contributed by atoms with Crippen molar-refractivity contribution < 1.29 is 32.3 Å². The molecule has 1 aromatic carbocycles. The van der Waals surface area contributed by atoms with E-state index in [-0.39, 0.29) is 16.0 Å². The molecule has 2 aromatic rings. The highest BCUT2D eigenvalue weighted by molar-refractivity contribution is 7.89. The van der Waals surface area contributed by atoms with Crippen molar-refractivity contribution in [2.24, 2.45) is 0 Å². The van der Waals surface area contributed by atoms with Gasteiger partial charge in [0.1, 0.15) is 5.00 Å². The van der Waals surface area contributed by atoms with Gasteiger partial charge in [0, 0.05) is 18.0 Å². The highest BCUT2D eigenvalue weighted by Crippen LogP contribution is 2.33. The Kier molecular flexibility index (Phi) is 8.76. The van der Waals surface area contributed by atoms with Crippen LogP contribution in [0.1, 0.15) is 50.6 Å². The van der Waals surface area contributed by atoms with Gasteiger partial charge in [-0.2, -0.15) is 4.31 Å². The van der Waals surface area contributed by atoms with Gasteiger partial charge in [0.05, 0.1) is 23.1 Å². The fourth-order valence-corrected chi connectivity index (χ4v) is 5.68. The lowest BCUT2D eigenvalue weighted by Gasteiger charge is -2.19. The van der Waals surface area contributed by atoms with Crippen LogP contribution in [0.15, 0.2) is 23.1 Å². The van der Waals surface area contributed by atoms with Crippen molar-refractivity contribution >= 4 is 44.2 Å². The first-order valence-corrected chi connectivity index (χ1v) is 12.5. The highest BCUT2D eigenvalue weighted by Gasteiger charge is 2.25. The molecule has 0 aliphatic carbocycles. The predicted octanol–water partition coefficient (Wildman–Crippen LogP) is 3.29. The standard InChI is InChI=1S/C22H28N2O7S2/c1-7-24(8-2)33(28,29)16-10-9-13(3)17(11-16)21(26)31-12-18(25)23-20-19(22(27)30-6)14(4)15(5)32-20/h9-11H,7-8,12H2,1-6H3,(H,23,25). The lowest BCUT2D eigenvalue weighted by molar-refractivity contribution is -0.119. The third-order valence-electron chi connectivity index (χ3n) is 5.13. The minimum Gasteiger partial charge on any atom is -0.465 e. The van der Waals surface area contributed by atoms with Crippen LogP contribution in [0.5, 0.6) is 0 Å². The van der Waals surface area contributed by atoms with Crippen LogP contribution in [-0.2, 0) is 24.3 Å². The maximum atomic E-state index is 12.8. The summed E-state index contributed by atoms with van der Waals surface area (Å²) in [5.74, 6) is -2.05. The van der Waals surface area contributed by atoms with Gasteiger partial charge in [-0.15, -0.1) is 11.3 Å². The van der Waals surface area contributed by atoms with Crippen molar-refractivity contribution in [2.75, 3.05) is 32.1 Å². The summed E-state index contributed by atoms with van der Waals surface area (Å²) in [6, 6.07) is 4.21. The Morgan fingerprint density at radius 1 is 1.06 bits per heavy atom. The van der Waals surface area contributed by atoms with E-state index in [1.165, 1.54) is 41.0 Å². The van der Waals surface area contributed by atoms with Crippen LogP contribution in [0.3, 0.4) is 0 Å². The number of nitrogens with zero attached hydrogens (tertiary/aromatic N) is 1. The molecule has 0 atom stereocenters. The van der Waals surface area contributed by atoms with Gasteiger partial charge in [0.25, 0.3) is 5.91 Å². The smallest absolute Gasteiger partial charge is 0.341 e. The van der Waals surface area contributed by atoms with Gasteiger partial charge in [0.2, 0.25) is 10.0 Å². The Hall–Kier alpha value is -2.76. The third kappa shape index (κ3) is 5.79.